The van der Waals surface area contributed by atoms with Crippen LogP contribution in [0.3, 0.4) is 0 Å². The molecule has 3 unspecified atom stereocenters. The van der Waals surface area contributed by atoms with E-state index in [0.29, 0.717) is 43.2 Å². The molecule has 206 valence electrons. The number of carbonyl (C=O) groups excluding carboxylic acids is 3. The molecule has 0 amide bonds. The van der Waals surface area contributed by atoms with Gasteiger partial charge in [-0.15, -0.1) is 0 Å². The molecule has 1 aliphatic carbocycles. The van der Waals surface area contributed by atoms with Gasteiger partial charge in [-0.1, -0.05) is 0 Å². The van der Waals surface area contributed by atoms with E-state index >= 15 is 0 Å². The van der Waals surface area contributed by atoms with Crippen molar-refractivity contribution in [3.8, 4) is 0 Å². The molecule has 1 N–H and O–H groups in total. The number of alkyl halides is 8. The van der Waals surface area contributed by atoms with Gasteiger partial charge in [0.1, 0.15) is 0 Å². The van der Waals surface area contributed by atoms with Crippen LogP contribution in [-0.2, 0) is 14.4 Å². The molecule has 2 fully saturated rings. The predicted molar refractivity (Wildman–Crippen MR) is 207 cm³/mol. The van der Waals surface area contributed by atoms with Gasteiger partial charge in [0.15, 0.2) is 0 Å². The summed E-state index contributed by atoms with van der Waals surface area (Å²) in [6.45, 7) is 2.14. The maximum absolute atomic E-state index is 13.8. The van der Waals surface area contributed by atoms with Gasteiger partial charge in [-0.05, 0) is 0 Å². The molecule has 0 radical (unpaired) electrons. The van der Waals surface area contributed by atoms with E-state index in [1.165, 1.54) is 8.86 Å². The number of hydrogen-bond acceptors (Lipinski definition) is 4. The van der Waals surface area contributed by atoms with E-state index < -0.39 is 75.3 Å². The van der Waals surface area contributed by atoms with Crippen molar-refractivity contribution in [3.63, 3.8) is 0 Å². The zero-order valence-corrected chi connectivity index (χ0v) is 33.7. The van der Waals surface area contributed by atoms with Gasteiger partial charge in [0.25, 0.3) is 0 Å². The molecule has 0 aromatic heterocycles. The van der Waals surface area contributed by atoms with E-state index in [0.717, 1.165) is 39.0 Å². The first kappa shape index (κ1) is 31.2. The first-order valence-corrected chi connectivity index (χ1v) is 36.2. The van der Waals surface area contributed by atoms with Crippen LogP contribution in [-0.4, -0.2) is 52.9 Å². The fourth-order valence-electron chi connectivity index (χ4n) is 4.74. The van der Waals surface area contributed by atoms with Crippen molar-refractivity contribution in [2.45, 2.75) is 46.9 Å². The van der Waals surface area contributed by atoms with E-state index in [9.17, 15) is 19.5 Å². The molecule has 3 aliphatic heterocycles. The van der Waals surface area contributed by atoms with Crippen LogP contribution in [0.4, 0.5) is 0 Å². The van der Waals surface area contributed by atoms with E-state index in [1.807, 2.05) is 18.2 Å². The summed E-state index contributed by atoms with van der Waals surface area (Å²) in [5.41, 5.74) is 0. The fraction of sp³-hybridized carbons (Fsp3) is 0.615. The molecule has 4 atom stereocenters. The monoisotopic (exact) mass is 1170 g/mol. The fourth-order valence-corrected chi connectivity index (χ4v) is 64.0. The van der Waals surface area contributed by atoms with Gasteiger partial charge < -0.3 is 0 Å². The summed E-state index contributed by atoms with van der Waals surface area (Å²) in [4.78, 5) is 41.5. The molecular weight excluding hydrogens is 1140 g/mol. The van der Waals surface area contributed by atoms with Gasteiger partial charge in [0.2, 0.25) is 0 Å². The Morgan fingerprint density at radius 1 is 1.17 bits per heavy atom. The second kappa shape index (κ2) is 15.0. The average Bonchev–Trinajstić information content (AvgIpc) is 3.31. The topological polar surface area (TPSA) is 71.4 Å². The summed E-state index contributed by atoms with van der Waals surface area (Å²) in [6.07, 6.45) is 14.9. The number of hydrogen-bond donors (Lipinski definition) is 1. The molecular formula is C26H36I6O4. The van der Waals surface area contributed by atoms with Crippen molar-refractivity contribution in [1.82, 2.24) is 0 Å². The minimum atomic E-state index is -1.89. The maximum atomic E-state index is 13.8. The molecule has 4 aliphatic rings. The predicted octanol–water partition coefficient (Wildman–Crippen LogP) is 8.22. The molecule has 0 bridgehead atoms. The van der Waals surface area contributed by atoms with E-state index in [1.54, 1.807) is 1.52 Å². The second-order valence-corrected chi connectivity index (χ2v) is 47.1. The zero-order valence-electron chi connectivity index (χ0n) is 20.7. The summed E-state index contributed by atoms with van der Waals surface area (Å²) >= 11 is -3.78. The normalized spacial score (nSPS) is 32.2. The zero-order chi connectivity index (χ0) is 25.8. The molecule has 10 heteroatoms. The van der Waals surface area contributed by atoms with Gasteiger partial charge in [-0.2, -0.15) is 0 Å². The third-order valence-corrected chi connectivity index (χ3v) is 51.9. The summed E-state index contributed by atoms with van der Waals surface area (Å²) in [5.74, 6) is 1.06. The number of aliphatic hydroxyl groups is 1. The SMILES string of the molecule is CC(I)CC(=O)I1CCI(C(=O)C2CCI(C3=II(C)C(=O)C=C3)C2)CCCC1[C@@H]1C=CC(O)=CC1. The van der Waals surface area contributed by atoms with Crippen LogP contribution in [0.1, 0.15) is 39.0 Å². The summed E-state index contributed by atoms with van der Waals surface area (Å²) in [6, 6.07) is 0. The Morgan fingerprint density at radius 3 is 2.67 bits per heavy atom. The van der Waals surface area contributed by atoms with Crippen LogP contribution in [0.15, 0.2) is 36.1 Å². The van der Waals surface area contributed by atoms with Crippen LogP contribution in [0, 0.1) is 11.8 Å². The van der Waals surface area contributed by atoms with Crippen molar-refractivity contribution in [1.29, 1.82) is 0 Å². The van der Waals surface area contributed by atoms with Crippen LogP contribution >= 0.6 is 115 Å². The number of allylic oxidation sites excluding steroid dienone is 5. The Morgan fingerprint density at radius 2 is 1.97 bits per heavy atom. The number of halogens is 6. The minimum absolute atomic E-state index is 0.0153. The Hall–Kier alpha value is 2.28. The van der Waals surface area contributed by atoms with Gasteiger partial charge >= 0.3 is 269 Å². The van der Waals surface area contributed by atoms with Crippen LogP contribution in [0.2, 0.25) is 0 Å². The van der Waals surface area contributed by atoms with Crippen LogP contribution in [0.25, 0.3) is 0 Å². The van der Waals surface area contributed by atoms with Crippen LogP contribution < -0.4 is 0 Å². The average molecular weight is 1170 g/mol. The standard InChI is InChI=1S/C26H36I6O4/c1-18(27)16-25(35)32-15-14-30(12-3-4-22(32)19-5-7-21(33)8-6-19)26(36)20-11-13-31(17-20)23-9-10-24(34)29(2)28-23/h5,7-10,18-20,22,33H,3-4,6,11-17H2,1-2H3/t18?,19-,20?,22?/m1/s1. The Kier molecular flexibility index (Phi) is 13.0. The van der Waals surface area contributed by atoms with Gasteiger partial charge in [-0.25, -0.2) is 0 Å². The molecule has 4 nitrogen and oxygen atoms in total. The molecule has 2 saturated heterocycles. The second-order valence-electron chi connectivity index (χ2n) is 9.30. The van der Waals surface area contributed by atoms with E-state index in [2.05, 4.69) is 46.6 Å². The molecule has 4 rings (SSSR count). The first-order valence-electron chi connectivity index (χ1n) is 12.2. The number of rotatable bonds is 7. The van der Waals surface area contributed by atoms with Gasteiger partial charge in [0.05, 0.1) is 0 Å². The van der Waals surface area contributed by atoms with E-state index in [4.69, 9.17) is 0 Å². The summed E-state index contributed by atoms with van der Waals surface area (Å²) in [7, 11) is 0. The molecule has 0 saturated carbocycles. The Balaban J connectivity index is 1.41. The molecule has 3 heterocycles. The van der Waals surface area contributed by atoms with Crippen molar-refractivity contribution < 1.29 is 19.5 Å². The summed E-state index contributed by atoms with van der Waals surface area (Å²) < 4.78 is 10.0. The van der Waals surface area contributed by atoms with E-state index in [-0.39, 0.29) is 16.8 Å². The number of aliphatic hydroxyl groups excluding tert-OH is 1. The third kappa shape index (κ3) is 8.41. The first-order chi connectivity index (χ1) is 17.2. The Bertz CT molecular complexity index is 987. The summed E-state index contributed by atoms with van der Waals surface area (Å²) in [5, 5.41) is 9.82. The Labute approximate surface area is 264 Å². The molecule has 36 heavy (non-hydrogen) atoms. The van der Waals surface area contributed by atoms with Gasteiger partial charge in [-0.3, -0.25) is 0 Å². The molecule has 0 aromatic rings. The quantitative estimate of drug-likeness (QED) is 0.159. The van der Waals surface area contributed by atoms with Crippen LogP contribution in [0.5, 0.6) is 0 Å². The molecule has 0 spiro atoms. The molecule has 0 aromatic carbocycles. The van der Waals surface area contributed by atoms with Crippen molar-refractivity contribution in [2.75, 3.05) is 27.1 Å². The van der Waals surface area contributed by atoms with Gasteiger partial charge in [0, 0.05) is 0 Å². The third-order valence-electron chi connectivity index (χ3n) is 6.64. The number of carbonyl (C=O) groups is 3. The van der Waals surface area contributed by atoms with Crippen molar-refractivity contribution in [2.24, 2.45) is 11.8 Å². The van der Waals surface area contributed by atoms with Crippen molar-refractivity contribution >= 4 is 128 Å². The van der Waals surface area contributed by atoms with Crippen molar-refractivity contribution in [3.05, 3.63) is 36.1 Å².